The fraction of sp³-hybridized carbons (Fsp3) is 0.304. The van der Waals surface area contributed by atoms with Crippen molar-refractivity contribution < 1.29 is 14.3 Å². The Kier molecular flexibility index (Phi) is 6.89. The third-order valence-electron chi connectivity index (χ3n) is 4.69. The Morgan fingerprint density at radius 2 is 1.86 bits per heavy atom. The molecular weight excluding hydrogens is 368 g/mol. The van der Waals surface area contributed by atoms with E-state index in [1.54, 1.807) is 0 Å². The van der Waals surface area contributed by atoms with Crippen molar-refractivity contribution >= 4 is 16.8 Å². The molecule has 0 unspecified atom stereocenters. The minimum absolute atomic E-state index is 0.103. The van der Waals surface area contributed by atoms with Crippen LogP contribution in [0.4, 0.5) is 0 Å². The number of aryl methyl sites for hydroxylation is 1. The molecule has 0 aliphatic carbocycles. The Labute approximate surface area is 169 Å². The topological polar surface area (TPSA) is 80.4 Å². The van der Waals surface area contributed by atoms with Crippen LogP contribution in [0.1, 0.15) is 35.7 Å². The number of benzene rings is 2. The third kappa shape index (κ3) is 4.96. The lowest BCUT2D eigenvalue weighted by molar-refractivity contribution is 0.0962. The van der Waals surface area contributed by atoms with E-state index in [-0.39, 0.29) is 11.0 Å². The summed E-state index contributed by atoms with van der Waals surface area (Å²) in [5.74, 6) is 1.12. The maximum Gasteiger partial charge on any atom is 0.256 e. The first kappa shape index (κ1) is 20.5. The molecule has 1 heterocycles. The number of pyridine rings is 1. The number of rotatable bonds is 9. The first-order valence-electron chi connectivity index (χ1n) is 9.85. The molecule has 1 aromatic heterocycles. The third-order valence-corrected chi connectivity index (χ3v) is 4.69. The Balaban J connectivity index is 1.83. The van der Waals surface area contributed by atoms with Crippen LogP contribution < -0.4 is 20.2 Å². The van der Waals surface area contributed by atoms with Gasteiger partial charge in [-0.3, -0.25) is 9.59 Å². The van der Waals surface area contributed by atoms with E-state index in [0.29, 0.717) is 24.1 Å². The average Bonchev–Trinajstić information content (AvgIpc) is 2.76. The number of fused-ring (bicyclic) bond motifs is 1. The second kappa shape index (κ2) is 9.78. The quantitative estimate of drug-likeness (QED) is 0.543. The molecule has 0 saturated carbocycles. The van der Waals surface area contributed by atoms with Crippen molar-refractivity contribution in [2.75, 3.05) is 20.3 Å². The van der Waals surface area contributed by atoms with E-state index in [4.69, 9.17) is 9.47 Å². The molecule has 0 fully saturated rings. The minimum Gasteiger partial charge on any atom is -0.490 e. The predicted molar refractivity (Wildman–Crippen MR) is 114 cm³/mol. The molecule has 152 valence electrons. The van der Waals surface area contributed by atoms with Gasteiger partial charge >= 0.3 is 0 Å². The summed E-state index contributed by atoms with van der Waals surface area (Å²) < 4.78 is 11.7. The molecule has 0 bridgehead atoms. The average molecular weight is 394 g/mol. The number of H-pyrrole nitrogens is 1. The summed E-state index contributed by atoms with van der Waals surface area (Å²) in [5, 5.41) is 2.99. The zero-order valence-electron chi connectivity index (χ0n) is 16.8. The van der Waals surface area contributed by atoms with Crippen LogP contribution in [-0.2, 0) is 6.42 Å². The van der Waals surface area contributed by atoms with Gasteiger partial charge in [0.05, 0.1) is 5.52 Å². The van der Waals surface area contributed by atoms with Crippen LogP contribution >= 0.6 is 0 Å². The summed E-state index contributed by atoms with van der Waals surface area (Å²) in [6, 6.07) is 13.3. The summed E-state index contributed by atoms with van der Waals surface area (Å²) in [5.41, 5.74) is 1.42. The van der Waals surface area contributed by atoms with E-state index >= 15 is 0 Å². The molecule has 3 aromatic rings. The monoisotopic (exact) mass is 394 g/mol. The number of para-hydroxylation sites is 1. The lowest BCUT2D eigenvalue weighted by atomic mass is 10.0. The highest BCUT2D eigenvalue weighted by atomic mass is 16.5. The van der Waals surface area contributed by atoms with Gasteiger partial charge in [-0.15, -0.1) is 0 Å². The van der Waals surface area contributed by atoms with Crippen LogP contribution in [0.15, 0.2) is 53.5 Å². The standard InChI is InChI=1S/C23H26N2O4/c1-3-4-8-16-13-18-20(25-15-19(22(18)26)23(27)24-2)14-21(16)29-12-11-28-17-9-6-5-7-10-17/h5-7,9-10,13-15H,3-4,8,11-12H2,1-2H3,(H,24,27)(H,25,26). The van der Waals surface area contributed by atoms with Crippen LogP contribution in [0.25, 0.3) is 10.9 Å². The summed E-state index contributed by atoms with van der Waals surface area (Å²) in [7, 11) is 1.51. The van der Waals surface area contributed by atoms with E-state index in [0.717, 1.165) is 36.3 Å². The highest BCUT2D eigenvalue weighted by Crippen LogP contribution is 2.25. The second-order valence-corrected chi connectivity index (χ2v) is 6.73. The first-order valence-corrected chi connectivity index (χ1v) is 9.85. The van der Waals surface area contributed by atoms with E-state index < -0.39 is 5.91 Å². The maximum atomic E-state index is 12.7. The normalized spacial score (nSPS) is 10.7. The Morgan fingerprint density at radius 3 is 2.59 bits per heavy atom. The van der Waals surface area contributed by atoms with E-state index in [1.165, 1.54) is 13.2 Å². The lowest BCUT2D eigenvalue weighted by Gasteiger charge is -2.14. The zero-order valence-corrected chi connectivity index (χ0v) is 16.8. The molecule has 0 aliphatic heterocycles. The van der Waals surface area contributed by atoms with Crippen LogP contribution in [0, 0.1) is 0 Å². The number of carbonyl (C=O) groups is 1. The van der Waals surface area contributed by atoms with Crippen molar-refractivity contribution in [1.82, 2.24) is 10.3 Å². The number of hydrogen-bond acceptors (Lipinski definition) is 4. The van der Waals surface area contributed by atoms with Crippen molar-refractivity contribution in [1.29, 1.82) is 0 Å². The summed E-state index contributed by atoms with van der Waals surface area (Å²) in [4.78, 5) is 27.7. The molecule has 2 aromatic carbocycles. The summed E-state index contributed by atoms with van der Waals surface area (Å²) in [6.07, 6.45) is 4.25. The number of nitrogens with one attached hydrogen (secondary N) is 2. The maximum absolute atomic E-state index is 12.7. The zero-order chi connectivity index (χ0) is 20.6. The Morgan fingerprint density at radius 1 is 1.10 bits per heavy atom. The van der Waals surface area contributed by atoms with Crippen molar-refractivity contribution in [2.45, 2.75) is 26.2 Å². The summed E-state index contributed by atoms with van der Waals surface area (Å²) >= 11 is 0. The van der Waals surface area contributed by atoms with Crippen molar-refractivity contribution in [3.05, 3.63) is 70.0 Å². The number of aromatic nitrogens is 1. The smallest absolute Gasteiger partial charge is 0.256 e. The number of ether oxygens (including phenoxy) is 2. The van der Waals surface area contributed by atoms with E-state index in [2.05, 4.69) is 17.2 Å². The fourth-order valence-corrected chi connectivity index (χ4v) is 3.12. The molecule has 29 heavy (non-hydrogen) atoms. The van der Waals surface area contributed by atoms with Gasteiger partial charge in [0, 0.05) is 24.7 Å². The number of unbranched alkanes of at least 4 members (excludes halogenated alkanes) is 1. The molecule has 0 aliphatic rings. The van der Waals surface area contributed by atoms with Gasteiger partial charge in [0.15, 0.2) is 0 Å². The van der Waals surface area contributed by atoms with Crippen molar-refractivity contribution in [2.24, 2.45) is 0 Å². The molecular formula is C23H26N2O4. The van der Waals surface area contributed by atoms with Gasteiger partial charge in [-0.1, -0.05) is 31.5 Å². The van der Waals surface area contributed by atoms with Gasteiger partial charge in [-0.2, -0.15) is 0 Å². The van der Waals surface area contributed by atoms with Crippen LogP contribution in [0.5, 0.6) is 11.5 Å². The molecule has 0 atom stereocenters. The number of amides is 1. The Bertz CT molecular complexity index is 1030. The number of aromatic amines is 1. The predicted octanol–water partition coefficient (Wildman–Crippen LogP) is 3.69. The van der Waals surface area contributed by atoms with Gasteiger partial charge < -0.3 is 19.8 Å². The SMILES string of the molecule is CCCCc1cc2c(=O)c(C(=O)NC)c[nH]c2cc1OCCOc1ccccc1. The molecule has 0 radical (unpaired) electrons. The number of hydrogen-bond donors (Lipinski definition) is 2. The molecule has 1 amide bonds. The fourth-order valence-electron chi connectivity index (χ4n) is 3.12. The number of carbonyl (C=O) groups excluding carboxylic acids is 1. The van der Waals surface area contributed by atoms with Crippen LogP contribution in [0.3, 0.4) is 0 Å². The molecule has 0 spiro atoms. The van der Waals surface area contributed by atoms with Crippen LogP contribution in [-0.4, -0.2) is 31.2 Å². The van der Waals surface area contributed by atoms with Gasteiger partial charge in [0.25, 0.3) is 5.91 Å². The van der Waals surface area contributed by atoms with Gasteiger partial charge in [-0.05, 0) is 36.6 Å². The van der Waals surface area contributed by atoms with Crippen molar-refractivity contribution in [3.63, 3.8) is 0 Å². The van der Waals surface area contributed by atoms with Crippen LogP contribution in [0.2, 0.25) is 0 Å². The largest absolute Gasteiger partial charge is 0.490 e. The lowest BCUT2D eigenvalue weighted by Crippen LogP contribution is -2.25. The second-order valence-electron chi connectivity index (χ2n) is 6.73. The Hall–Kier alpha value is -3.28. The first-order chi connectivity index (χ1) is 14.1. The molecule has 2 N–H and O–H groups in total. The summed E-state index contributed by atoms with van der Waals surface area (Å²) in [6.45, 7) is 2.92. The minimum atomic E-state index is -0.401. The molecule has 6 nitrogen and oxygen atoms in total. The van der Waals surface area contributed by atoms with E-state index in [1.807, 2.05) is 42.5 Å². The van der Waals surface area contributed by atoms with E-state index in [9.17, 15) is 9.59 Å². The molecule has 3 rings (SSSR count). The van der Waals surface area contributed by atoms with Gasteiger partial charge in [0.2, 0.25) is 5.43 Å². The van der Waals surface area contributed by atoms with Crippen molar-refractivity contribution in [3.8, 4) is 11.5 Å². The molecule has 0 saturated heterocycles. The van der Waals surface area contributed by atoms with Gasteiger partial charge in [-0.25, -0.2) is 0 Å². The highest BCUT2D eigenvalue weighted by molar-refractivity contribution is 5.97. The molecule has 6 heteroatoms. The highest BCUT2D eigenvalue weighted by Gasteiger charge is 2.14. The van der Waals surface area contributed by atoms with Gasteiger partial charge in [0.1, 0.15) is 30.3 Å².